The predicted octanol–water partition coefficient (Wildman–Crippen LogP) is 2.76. The van der Waals surface area contributed by atoms with E-state index < -0.39 is 11.6 Å². The van der Waals surface area contributed by atoms with Crippen LogP contribution in [0, 0.1) is 17.6 Å². The Kier molecular flexibility index (Phi) is 5.06. The van der Waals surface area contributed by atoms with Crippen molar-refractivity contribution in [3.05, 3.63) is 53.4 Å². The topological polar surface area (TPSA) is 54.3 Å². The van der Waals surface area contributed by atoms with Crippen molar-refractivity contribution in [2.45, 2.75) is 13.3 Å². The summed E-state index contributed by atoms with van der Waals surface area (Å²) in [5, 5.41) is 2.89. The summed E-state index contributed by atoms with van der Waals surface area (Å²) in [6, 6.07) is 5.47. The number of nitrogens with zero attached hydrogens (tertiary/aromatic N) is 2. The molecule has 1 saturated heterocycles. The molecule has 5 nitrogen and oxygen atoms in total. The lowest BCUT2D eigenvalue weighted by atomic mass is 10.1. The summed E-state index contributed by atoms with van der Waals surface area (Å²) >= 11 is 0. The molecule has 26 heavy (non-hydrogen) atoms. The standard InChI is InChI=1S/C19H21F2N3O2/c1-12(25)14-7-18(23(2)11-14)19(26)22-9-13-5-6-24(10-13)15-3-4-16(20)17(21)8-15/h3-4,7-8,11,13H,5-6,9-10H2,1-2H3,(H,22,26). The summed E-state index contributed by atoms with van der Waals surface area (Å²) in [4.78, 5) is 25.7. The zero-order valence-corrected chi connectivity index (χ0v) is 14.8. The van der Waals surface area contributed by atoms with Gasteiger partial charge < -0.3 is 14.8 Å². The molecule has 1 unspecified atom stereocenters. The molecule has 0 bridgehead atoms. The summed E-state index contributed by atoms with van der Waals surface area (Å²) in [6.45, 7) is 3.34. The fraction of sp³-hybridized carbons (Fsp3) is 0.368. The van der Waals surface area contributed by atoms with E-state index in [4.69, 9.17) is 0 Å². The Morgan fingerprint density at radius 1 is 1.23 bits per heavy atom. The number of halogens is 2. The van der Waals surface area contributed by atoms with Gasteiger partial charge in [0.2, 0.25) is 0 Å². The first kappa shape index (κ1) is 18.1. The van der Waals surface area contributed by atoms with E-state index in [1.165, 1.54) is 13.0 Å². The van der Waals surface area contributed by atoms with Crippen molar-refractivity contribution in [2.75, 3.05) is 24.5 Å². The van der Waals surface area contributed by atoms with Crippen LogP contribution in [-0.4, -0.2) is 35.9 Å². The number of benzene rings is 1. The number of amides is 1. The van der Waals surface area contributed by atoms with Gasteiger partial charge in [-0.15, -0.1) is 0 Å². The third kappa shape index (κ3) is 3.76. The molecule has 138 valence electrons. The van der Waals surface area contributed by atoms with Crippen LogP contribution in [0.1, 0.15) is 34.2 Å². The van der Waals surface area contributed by atoms with Crippen LogP contribution in [0.3, 0.4) is 0 Å². The lowest BCUT2D eigenvalue weighted by Crippen LogP contribution is -2.32. The molecule has 0 aliphatic carbocycles. The Morgan fingerprint density at radius 3 is 2.65 bits per heavy atom. The smallest absolute Gasteiger partial charge is 0.267 e. The molecule has 1 aliphatic heterocycles. The summed E-state index contributed by atoms with van der Waals surface area (Å²) in [6.07, 6.45) is 2.49. The second-order valence-electron chi connectivity index (χ2n) is 6.69. The molecule has 7 heteroatoms. The number of hydrogen-bond donors (Lipinski definition) is 1. The van der Waals surface area contributed by atoms with Crippen LogP contribution in [0.5, 0.6) is 0 Å². The summed E-state index contributed by atoms with van der Waals surface area (Å²) in [5.41, 5.74) is 1.58. The van der Waals surface area contributed by atoms with Gasteiger partial charge in [0.25, 0.3) is 5.91 Å². The molecule has 0 spiro atoms. The van der Waals surface area contributed by atoms with E-state index in [9.17, 15) is 18.4 Å². The van der Waals surface area contributed by atoms with E-state index in [2.05, 4.69) is 5.32 Å². The average molecular weight is 361 g/mol. The lowest BCUT2D eigenvalue weighted by molar-refractivity contribution is 0.0940. The SMILES string of the molecule is CC(=O)c1cc(C(=O)NCC2CCN(c3ccc(F)c(F)c3)C2)n(C)c1. The van der Waals surface area contributed by atoms with Crippen LogP contribution in [-0.2, 0) is 7.05 Å². The van der Waals surface area contributed by atoms with E-state index in [1.54, 1.807) is 29.9 Å². The maximum atomic E-state index is 13.4. The zero-order chi connectivity index (χ0) is 18.8. The van der Waals surface area contributed by atoms with Gasteiger partial charge in [-0.3, -0.25) is 9.59 Å². The molecular weight excluding hydrogens is 340 g/mol. The third-order valence-electron chi connectivity index (χ3n) is 4.75. The minimum Gasteiger partial charge on any atom is -0.371 e. The van der Waals surface area contributed by atoms with Crippen LogP contribution in [0.25, 0.3) is 0 Å². The first-order valence-corrected chi connectivity index (χ1v) is 8.50. The van der Waals surface area contributed by atoms with Gasteiger partial charge in [-0.25, -0.2) is 8.78 Å². The molecule has 1 aromatic carbocycles. The lowest BCUT2D eigenvalue weighted by Gasteiger charge is -2.19. The highest BCUT2D eigenvalue weighted by Gasteiger charge is 2.24. The fourth-order valence-corrected chi connectivity index (χ4v) is 3.23. The number of aromatic nitrogens is 1. The minimum atomic E-state index is -0.857. The van der Waals surface area contributed by atoms with E-state index in [1.807, 2.05) is 4.90 Å². The van der Waals surface area contributed by atoms with E-state index >= 15 is 0 Å². The monoisotopic (exact) mass is 361 g/mol. The van der Waals surface area contributed by atoms with Crippen molar-refractivity contribution >= 4 is 17.4 Å². The number of carbonyl (C=O) groups is 2. The van der Waals surface area contributed by atoms with Crippen molar-refractivity contribution in [1.82, 2.24) is 9.88 Å². The van der Waals surface area contributed by atoms with Gasteiger partial charge in [-0.1, -0.05) is 0 Å². The van der Waals surface area contributed by atoms with E-state index in [0.29, 0.717) is 30.0 Å². The number of ketones is 1. The number of anilines is 1. The van der Waals surface area contributed by atoms with Crippen LogP contribution >= 0.6 is 0 Å². The highest BCUT2D eigenvalue weighted by molar-refractivity contribution is 5.99. The van der Waals surface area contributed by atoms with Crippen molar-refractivity contribution in [2.24, 2.45) is 13.0 Å². The number of aryl methyl sites for hydroxylation is 1. The Labute approximate surface area is 150 Å². The van der Waals surface area contributed by atoms with Gasteiger partial charge in [0.05, 0.1) is 0 Å². The Morgan fingerprint density at radius 2 is 2.00 bits per heavy atom. The number of rotatable bonds is 5. The number of hydrogen-bond acceptors (Lipinski definition) is 3. The van der Waals surface area contributed by atoms with Crippen molar-refractivity contribution in [3.8, 4) is 0 Å². The van der Waals surface area contributed by atoms with Crippen molar-refractivity contribution in [3.63, 3.8) is 0 Å². The predicted molar refractivity (Wildman–Crippen MR) is 94.4 cm³/mol. The fourth-order valence-electron chi connectivity index (χ4n) is 3.23. The molecule has 0 saturated carbocycles. The summed E-state index contributed by atoms with van der Waals surface area (Å²) < 4.78 is 28.1. The molecule has 1 N–H and O–H groups in total. The Hall–Kier alpha value is -2.70. The second-order valence-corrected chi connectivity index (χ2v) is 6.69. The first-order valence-electron chi connectivity index (χ1n) is 8.50. The highest BCUT2D eigenvalue weighted by Crippen LogP contribution is 2.25. The molecule has 1 fully saturated rings. The molecular formula is C19H21F2N3O2. The normalized spacial score (nSPS) is 16.8. The van der Waals surface area contributed by atoms with Crippen LogP contribution in [0.4, 0.5) is 14.5 Å². The third-order valence-corrected chi connectivity index (χ3v) is 4.75. The number of nitrogens with one attached hydrogen (secondary N) is 1. The van der Waals surface area contributed by atoms with Gasteiger partial charge in [0.15, 0.2) is 17.4 Å². The Bertz CT molecular complexity index is 847. The molecule has 1 atom stereocenters. The molecule has 1 amide bonds. The molecule has 1 aromatic heterocycles. The van der Waals surface area contributed by atoms with Gasteiger partial charge in [0.1, 0.15) is 5.69 Å². The Balaban J connectivity index is 1.56. The van der Waals surface area contributed by atoms with E-state index in [-0.39, 0.29) is 17.6 Å². The van der Waals surface area contributed by atoms with Crippen LogP contribution < -0.4 is 10.2 Å². The summed E-state index contributed by atoms with van der Waals surface area (Å²) in [7, 11) is 1.72. The van der Waals surface area contributed by atoms with Crippen molar-refractivity contribution in [1.29, 1.82) is 0 Å². The highest BCUT2D eigenvalue weighted by atomic mass is 19.2. The molecule has 2 heterocycles. The van der Waals surface area contributed by atoms with Gasteiger partial charge in [0, 0.05) is 50.2 Å². The van der Waals surface area contributed by atoms with Gasteiger partial charge >= 0.3 is 0 Å². The molecule has 2 aromatic rings. The maximum Gasteiger partial charge on any atom is 0.267 e. The maximum absolute atomic E-state index is 13.4. The van der Waals surface area contributed by atoms with Crippen molar-refractivity contribution < 1.29 is 18.4 Å². The minimum absolute atomic E-state index is 0.0855. The van der Waals surface area contributed by atoms with E-state index in [0.717, 1.165) is 19.0 Å². The van der Waals surface area contributed by atoms with Gasteiger partial charge in [-0.2, -0.15) is 0 Å². The molecule has 3 rings (SSSR count). The quantitative estimate of drug-likeness (QED) is 0.834. The average Bonchev–Trinajstić information content (AvgIpc) is 3.22. The number of Topliss-reactive ketones (excluding diaryl/α,β-unsaturated/α-hetero) is 1. The summed E-state index contributed by atoms with van der Waals surface area (Å²) in [5.74, 6) is -1.81. The zero-order valence-electron chi connectivity index (χ0n) is 14.8. The molecule has 0 radical (unpaired) electrons. The number of carbonyl (C=O) groups excluding carboxylic acids is 2. The largest absolute Gasteiger partial charge is 0.371 e. The van der Waals surface area contributed by atoms with Crippen LogP contribution in [0.2, 0.25) is 0 Å². The van der Waals surface area contributed by atoms with Gasteiger partial charge in [-0.05, 0) is 37.5 Å². The molecule has 1 aliphatic rings. The first-order chi connectivity index (χ1) is 12.3. The van der Waals surface area contributed by atoms with Crippen LogP contribution in [0.15, 0.2) is 30.5 Å². The second kappa shape index (κ2) is 7.27.